The number of anilines is 2. The molecule has 4 rings (SSSR count). The number of hydrogen-bond donors (Lipinski definition) is 2. The average Bonchev–Trinajstić information content (AvgIpc) is 3.19. The van der Waals surface area contributed by atoms with Crippen molar-refractivity contribution in [3.63, 3.8) is 0 Å². The smallest absolute Gasteiger partial charge is 0.255 e. The van der Waals surface area contributed by atoms with E-state index >= 15 is 0 Å². The Bertz CT molecular complexity index is 1010. The number of carbonyl (C=O) groups excluding carboxylic acids is 1. The highest BCUT2D eigenvalue weighted by Crippen LogP contribution is 2.24. The molecule has 9 nitrogen and oxygen atoms in total. The zero-order chi connectivity index (χ0) is 23.4. The van der Waals surface area contributed by atoms with Gasteiger partial charge in [0.2, 0.25) is 11.9 Å². The zero-order valence-electron chi connectivity index (χ0n) is 19.7. The number of amides is 1. The zero-order valence-corrected chi connectivity index (χ0v) is 20.5. The molecular formula is C23H34N6O3S. The van der Waals surface area contributed by atoms with E-state index in [0.717, 1.165) is 25.3 Å². The van der Waals surface area contributed by atoms with Crippen LogP contribution in [0.25, 0.3) is 0 Å². The molecule has 4 heterocycles. The largest absolute Gasteiger partial charge is 0.378 e. The molecule has 2 aliphatic heterocycles. The third-order valence-electron chi connectivity index (χ3n) is 6.25. The first kappa shape index (κ1) is 23.8. The second kappa shape index (κ2) is 10.8. The fourth-order valence-corrected chi connectivity index (χ4v) is 5.54. The first-order chi connectivity index (χ1) is 15.9. The number of morpholine rings is 1. The van der Waals surface area contributed by atoms with Gasteiger partial charge in [-0.3, -0.25) is 19.5 Å². The van der Waals surface area contributed by atoms with E-state index in [1.807, 2.05) is 17.2 Å². The van der Waals surface area contributed by atoms with Gasteiger partial charge >= 0.3 is 0 Å². The minimum Gasteiger partial charge on any atom is -0.378 e. The van der Waals surface area contributed by atoms with Gasteiger partial charge in [0.25, 0.3) is 5.56 Å². The Hall–Kier alpha value is -2.30. The lowest BCUT2D eigenvalue weighted by Crippen LogP contribution is -2.38. The number of nitrogens with zero attached hydrogens (tertiary/aromatic N) is 4. The maximum atomic E-state index is 12.6. The van der Waals surface area contributed by atoms with Gasteiger partial charge in [-0.2, -0.15) is 0 Å². The number of carbonyl (C=O) groups is 1. The Balaban J connectivity index is 1.29. The molecule has 2 aliphatic rings. The Morgan fingerprint density at radius 3 is 2.67 bits per heavy atom. The van der Waals surface area contributed by atoms with Gasteiger partial charge in [-0.05, 0) is 31.6 Å². The summed E-state index contributed by atoms with van der Waals surface area (Å²) in [5, 5.41) is 5.51. The maximum absolute atomic E-state index is 12.6. The van der Waals surface area contributed by atoms with Crippen LogP contribution in [0.4, 0.5) is 11.1 Å². The molecule has 2 fully saturated rings. The van der Waals surface area contributed by atoms with Crippen molar-refractivity contribution in [2.75, 3.05) is 49.6 Å². The summed E-state index contributed by atoms with van der Waals surface area (Å²) < 4.78 is 5.35. The molecule has 0 saturated carbocycles. The number of ether oxygens (including phenoxy) is 1. The van der Waals surface area contributed by atoms with Gasteiger partial charge in [0.05, 0.1) is 18.9 Å². The maximum Gasteiger partial charge on any atom is 0.255 e. The molecule has 2 atom stereocenters. The average molecular weight is 475 g/mol. The number of aromatic nitrogens is 3. The van der Waals surface area contributed by atoms with Crippen molar-refractivity contribution in [1.29, 1.82) is 0 Å². The molecule has 10 heteroatoms. The molecule has 0 aliphatic carbocycles. The van der Waals surface area contributed by atoms with Gasteiger partial charge in [0, 0.05) is 55.8 Å². The number of hydrogen-bond acceptors (Lipinski definition) is 8. The predicted molar refractivity (Wildman–Crippen MR) is 130 cm³/mol. The molecule has 2 aromatic rings. The highest BCUT2D eigenvalue weighted by molar-refractivity contribution is 7.13. The molecular weight excluding hydrogens is 440 g/mol. The monoisotopic (exact) mass is 474 g/mol. The lowest BCUT2D eigenvalue weighted by Gasteiger charge is -2.34. The summed E-state index contributed by atoms with van der Waals surface area (Å²) >= 11 is 1.45. The van der Waals surface area contributed by atoms with Crippen LogP contribution in [-0.4, -0.2) is 65.2 Å². The van der Waals surface area contributed by atoms with Crippen molar-refractivity contribution in [3.05, 3.63) is 32.7 Å². The molecule has 33 heavy (non-hydrogen) atoms. The van der Waals surface area contributed by atoms with Crippen molar-refractivity contribution in [1.82, 2.24) is 19.9 Å². The highest BCUT2D eigenvalue weighted by atomic mass is 32.1. The number of thiazole rings is 1. The standard InChI is InChI=1S/C23H34N6O3S/c1-15-10-16(2)12-28(11-15)13-18-14-33-23(25-18)26-20(30)5-4-19-17(3)24-22(27-21(19)31)29-6-8-32-9-7-29/h14-16H,4-13H2,1-3H3,(H,24,27,31)(H,25,26,30)/t15-,16-/m0/s1. The number of H-pyrrole nitrogens is 1. The van der Waals surface area contributed by atoms with Crippen LogP contribution in [-0.2, 0) is 22.5 Å². The lowest BCUT2D eigenvalue weighted by molar-refractivity contribution is -0.116. The van der Waals surface area contributed by atoms with Crippen LogP contribution in [0.1, 0.15) is 43.6 Å². The van der Waals surface area contributed by atoms with Crippen LogP contribution in [0.2, 0.25) is 0 Å². The Labute approximate surface area is 198 Å². The van der Waals surface area contributed by atoms with Crippen molar-refractivity contribution in [2.24, 2.45) is 11.8 Å². The van der Waals surface area contributed by atoms with E-state index in [0.29, 0.717) is 66.9 Å². The number of piperidine rings is 1. The predicted octanol–water partition coefficient (Wildman–Crippen LogP) is 2.42. The van der Waals surface area contributed by atoms with Crippen LogP contribution in [0.15, 0.2) is 10.2 Å². The molecule has 1 amide bonds. The summed E-state index contributed by atoms with van der Waals surface area (Å²) in [6.07, 6.45) is 1.83. The summed E-state index contributed by atoms with van der Waals surface area (Å²) in [5.41, 5.74) is 2.02. The Morgan fingerprint density at radius 1 is 1.24 bits per heavy atom. The highest BCUT2D eigenvalue weighted by Gasteiger charge is 2.22. The Morgan fingerprint density at radius 2 is 1.97 bits per heavy atom. The van der Waals surface area contributed by atoms with Gasteiger partial charge < -0.3 is 15.0 Å². The normalized spacial score (nSPS) is 21.8. The minimum absolute atomic E-state index is 0.146. The molecule has 180 valence electrons. The first-order valence-electron chi connectivity index (χ1n) is 11.8. The molecule has 0 radical (unpaired) electrons. The van der Waals surface area contributed by atoms with Gasteiger partial charge in [-0.1, -0.05) is 13.8 Å². The second-order valence-electron chi connectivity index (χ2n) is 9.39. The molecule has 0 spiro atoms. The minimum atomic E-state index is -0.182. The van der Waals surface area contributed by atoms with E-state index in [4.69, 9.17) is 4.74 Å². The van der Waals surface area contributed by atoms with Crippen LogP contribution in [0.3, 0.4) is 0 Å². The summed E-state index contributed by atoms with van der Waals surface area (Å²) in [5.74, 6) is 1.83. The van der Waals surface area contributed by atoms with E-state index in [-0.39, 0.29) is 17.9 Å². The van der Waals surface area contributed by atoms with Crippen molar-refractivity contribution in [2.45, 2.75) is 46.6 Å². The van der Waals surface area contributed by atoms with E-state index in [1.165, 1.54) is 17.8 Å². The topological polar surface area (TPSA) is 103 Å². The molecule has 0 aromatic carbocycles. The van der Waals surface area contributed by atoms with Crippen molar-refractivity contribution < 1.29 is 9.53 Å². The SMILES string of the molecule is Cc1nc(N2CCOCC2)[nH]c(=O)c1CCC(=O)Nc1nc(CN2C[C@@H](C)C[C@H](C)C2)cs1. The second-order valence-corrected chi connectivity index (χ2v) is 10.2. The number of aryl methyl sites for hydroxylation is 1. The number of likely N-dealkylation sites (tertiary alicyclic amines) is 1. The summed E-state index contributed by atoms with van der Waals surface area (Å²) in [6, 6.07) is 0. The van der Waals surface area contributed by atoms with E-state index in [2.05, 4.69) is 39.0 Å². The summed E-state index contributed by atoms with van der Waals surface area (Å²) in [6.45, 7) is 12.1. The van der Waals surface area contributed by atoms with Gasteiger partial charge in [0.15, 0.2) is 5.13 Å². The van der Waals surface area contributed by atoms with Gasteiger partial charge in [-0.25, -0.2) is 9.97 Å². The summed E-state index contributed by atoms with van der Waals surface area (Å²) in [7, 11) is 0. The van der Waals surface area contributed by atoms with Crippen LogP contribution >= 0.6 is 11.3 Å². The third kappa shape index (κ3) is 6.39. The Kier molecular flexibility index (Phi) is 7.77. The van der Waals surface area contributed by atoms with E-state index in [1.54, 1.807) is 0 Å². The van der Waals surface area contributed by atoms with Crippen LogP contribution in [0.5, 0.6) is 0 Å². The third-order valence-corrected chi connectivity index (χ3v) is 7.06. The fourth-order valence-electron chi connectivity index (χ4n) is 4.82. The number of nitrogens with one attached hydrogen (secondary N) is 2. The van der Waals surface area contributed by atoms with Gasteiger partial charge in [0.1, 0.15) is 0 Å². The van der Waals surface area contributed by atoms with E-state index in [9.17, 15) is 9.59 Å². The van der Waals surface area contributed by atoms with Crippen LogP contribution < -0.4 is 15.8 Å². The van der Waals surface area contributed by atoms with Crippen LogP contribution in [0, 0.1) is 18.8 Å². The molecule has 2 aromatic heterocycles. The lowest BCUT2D eigenvalue weighted by atomic mass is 9.92. The molecule has 0 unspecified atom stereocenters. The van der Waals surface area contributed by atoms with Crippen molar-refractivity contribution in [3.8, 4) is 0 Å². The molecule has 0 bridgehead atoms. The summed E-state index contributed by atoms with van der Waals surface area (Å²) in [4.78, 5) is 41.6. The number of rotatable bonds is 7. The van der Waals surface area contributed by atoms with Gasteiger partial charge in [-0.15, -0.1) is 11.3 Å². The first-order valence-corrected chi connectivity index (χ1v) is 12.6. The fraction of sp³-hybridized carbons (Fsp3) is 0.652. The molecule has 2 saturated heterocycles. The number of aromatic amines is 1. The van der Waals surface area contributed by atoms with Crippen molar-refractivity contribution >= 4 is 28.3 Å². The molecule has 2 N–H and O–H groups in total. The quantitative estimate of drug-likeness (QED) is 0.635. The van der Waals surface area contributed by atoms with E-state index < -0.39 is 0 Å².